The van der Waals surface area contributed by atoms with Crippen molar-refractivity contribution in [2.45, 2.75) is 19.3 Å². The summed E-state index contributed by atoms with van der Waals surface area (Å²) in [6.45, 7) is 3.80. The normalized spacial score (nSPS) is 13.5. The van der Waals surface area contributed by atoms with E-state index in [-0.39, 0.29) is 5.75 Å². The highest BCUT2D eigenvalue weighted by atomic mass is 32.2. The first-order valence-corrected chi connectivity index (χ1v) is 7.98. The van der Waals surface area contributed by atoms with Gasteiger partial charge in [0.05, 0.1) is 5.75 Å². The van der Waals surface area contributed by atoms with E-state index < -0.39 is 9.84 Å². The SMILES string of the molecule is CC(CNCCCS(C)(=O)=O)c1ccccc1. The minimum atomic E-state index is -2.82. The van der Waals surface area contributed by atoms with Gasteiger partial charge in [-0.05, 0) is 24.4 Å². The van der Waals surface area contributed by atoms with E-state index in [0.717, 1.165) is 13.1 Å². The predicted octanol–water partition coefficient (Wildman–Crippen LogP) is 1.81. The summed E-state index contributed by atoms with van der Waals surface area (Å²) in [5.41, 5.74) is 1.31. The number of hydrogen-bond donors (Lipinski definition) is 1. The van der Waals surface area contributed by atoms with Gasteiger partial charge in [-0.2, -0.15) is 0 Å². The average molecular weight is 255 g/mol. The molecule has 96 valence electrons. The summed E-state index contributed by atoms with van der Waals surface area (Å²) >= 11 is 0. The number of benzene rings is 1. The third-order valence-corrected chi connectivity index (χ3v) is 3.72. The van der Waals surface area contributed by atoms with Crippen molar-refractivity contribution in [3.8, 4) is 0 Å². The fourth-order valence-electron chi connectivity index (χ4n) is 1.68. The Bertz CT molecular complexity index is 414. The highest BCUT2D eigenvalue weighted by Crippen LogP contribution is 2.12. The van der Waals surface area contributed by atoms with Crippen LogP contribution in [0.15, 0.2) is 30.3 Å². The summed E-state index contributed by atoms with van der Waals surface area (Å²) < 4.78 is 21.8. The molecule has 0 heterocycles. The van der Waals surface area contributed by atoms with Gasteiger partial charge in [-0.1, -0.05) is 37.3 Å². The Morgan fingerprint density at radius 1 is 1.24 bits per heavy atom. The van der Waals surface area contributed by atoms with Crippen LogP contribution in [-0.2, 0) is 9.84 Å². The lowest BCUT2D eigenvalue weighted by Gasteiger charge is -2.12. The van der Waals surface area contributed by atoms with Crippen molar-refractivity contribution in [3.63, 3.8) is 0 Å². The molecule has 0 aromatic heterocycles. The fourth-order valence-corrected chi connectivity index (χ4v) is 2.35. The van der Waals surface area contributed by atoms with Crippen molar-refractivity contribution in [2.75, 3.05) is 25.1 Å². The molecule has 1 N–H and O–H groups in total. The maximum Gasteiger partial charge on any atom is 0.147 e. The largest absolute Gasteiger partial charge is 0.316 e. The Morgan fingerprint density at radius 2 is 1.88 bits per heavy atom. The number of nitrogens with one attached hydrogen (secondary N) is 1. The maximum atomic E-state index is 10.9. The lowest BCUT2D eigenvalue weighted by Crippen LogP contribution is -2.22. The Hall–Kier alpha value is -0.870. The summed E-state index contributed by atoms with van der Waals surface area (Å²) in [5, 5.41) is 3.29. The fraction of sp³-hybridized carbons (Fsp3) is 0.538. The van der Waals surface area contributed by atoms with E-state index in [0.29, 0.717) is 12.3 Å². The molecule has 1 aromatic carbocycles. The van der Waals surface area contributed by atoms with Crippen LogP contribution in [0.5, 0.6) is 0 Å². The van der Waals surface area contributed by atoms with E-state index in [1.54, 1.807) is 0 Å². The first-order valence-electron chi connectivity index (χ1n) is 5.92. The van der Waals surface area contributed by atoms with Crippen molar-refractivity contribution < 1.29 is 8.42 Å². The maximum absolute atomic E-state index is 10.9. The second kappa shape index (κ2) is 6.77. The molecule has 1 aromatic rings. The zero-order valence-electron chi connectivity index (χ0n) is 10.5. The zero-order valence-corrected chi connectivity index (χ0v) is 11.3. The first-order chi connectivity index (χ1) is 7.99. The zero-order chi connectivity index (χ0) is 12.7. The molecule has 0 saturated carbocycles. The summed E-state index contributed by atoms with van der Waals surface area (Å²) in [5.74, 6) is 0.717. The van der Waals surface area contributed by atoms with Gasteiger partial charge in [0, 0.05) is 12.8 Å². The summed E-state index contributed by atoms with van der Waals surface area (Å²) in [7, 11) is -2.82. The van der Waals surface area contributed by atoms with Gasteiger partial charge in [-0.15, -0.1) is 0 Å². The third kappa shape index (κ3) is 6.44. The molecular formula is C13H21NO2S. The molecular weight excluding hydrogens is 234 g/mol. The van der Waals surface area contributed by atoms with Crippen LogP contribution in [0, 0.1) is 0 Å². The summed E-state index contributed by atoms with van der Waals surface area (Å²) in [4.78, 5) is 0. The highest BCUT2D eigenvalue weighted by Gasteiger charge is 2.04. The van der Waals surface area contributed by atoms with Crippen LogP contribution in [0.1, 0.15) is 24.8 Å². The van der Waals surface area contributed by atoms with E-state index in [2.05, 4.69) is 24.4 Å². The minimum absolute atomic E-state index is 0.264. The standard InChI is InChI=1S/C13H21NO2S/c1-12(13-7-4-3-5-8-13)11-14-9-6-10-17(2,15)16/h3-5,7-8,12,14H,6,9-11H2,1-2H3. The average Bonchev–Trinajstić information content (AvgIpc) is 2.28. The molecule has 3 nitrogen and oxygen atoms in total. The van der Waals surface area contributed by atoms with Crippen LogP contribution in [0.3, 0.4) is 0 Å². The predicted molar refractivity (Wildman–Crippen MR) is 72.1 cm³/mol. The van der Waals surface area contributed by atoms with Gasteiger partial charge in [-0.25, -0.2) is 8.42 Å². The topological polar surface area (TPSA) is 46.2 Å². The van der Waals surface area contributed by atoms with Crippen LogP contribution in [0.4, 0.5) is 0 Å². The van der Waals surface area contributed by atoms with Gasteiger partial charge in [0.15, 0.2) is 0 Å². The Labute approximate surface area is 104 Å². The van der Waals surface area contributed by atoms with Crippen LogP contribution in [0.25, 0.3) is 0 Å². The molecule has 4 heteroatoms. The van der Waals surface area contributed by atoms with E-state index in [4.69, 9.17) is 0 Å². The summed E-state index contributed by atoms with van der Waals surface area (Å²) in [6, 6.07) is 10.3. The van der Waals surface area contributed by atoms with Gasteiger partial charge in [0.25, 0.3) is 0 Å². The molecule has 0 bridgehead atoms. The van der Waals surface area contributed by atoms with Gasteiger partial charge < -0.3 is 5.32 Å². The lowest BCUT2D eigenvalue weighted by molar-refractivity contribution is 0.585. The van der Waals surface area contributed by atoms with Crippen molar-refractivity contribution >= 4 is 9.84 Å². The molecule has 0 aliphatic rings. The minimum Gasteiger partial charge on any atom is -0.316 e. The molecule has 0 aliphatic heterocycles. The van der Waals surface area contributed by atoms with Crippen LogP contribution in [-0.4, -0.2) is 33.5 Å². The molecule has 0 radical (unpaired) electrons. The molecule has 1 unspecified atom stereocenters. The molecule has 1 atom stereocenters. The molecule has 1 rings (SSSR count). The van der Waals surface area contributed by atoms with E-state index >= 15 is 0 Å². The second-order valence-corrected chi connectivity index (χ2v) is 6.76. The Balaban J connectivity index is 2.19. The quantitative estimate of drug-likeness (QED) is 0.756. The molecule has 0 spiro atoms. The number of sulfone groups is 1. The first kappa shape index (κ1) is 14.2. The van der Waals surface area contributed by atoms with Crippen molar-refractivity contribution in [1.82, 2.24) is 5.32 Å². The van der Waals surface area contributed by atoms with Gasteiger partial charge in [-0.3, -0.25) is 0 Å². The molecule has 0 fully saturated rings. The highest BCUT2D eigenvalue weighted by molar-refractivity contribution is 7.90. The second-order valence-electron chi connectivity index (χ2n) is 4.50. The van der Waals surface area contributed by atoms with Crippen LogP contribution >= 0.6 is 0 Å². The van der Waals surface area contributed by atoms with Crippen LogP contribution < -0.4 is 5.32 Å². The van der Waals surface area contributed by atoms with Gasteiger partial charge in [0.1, 0.15) is 9.84 Å². The van der Waals surface area contributed by atoms with Gasteiger partial charge >= 0.3 is 0 Å². The lowest BCUT2D eigenvalue weighted by atomic mass is 10.0. The summed E-state index contributed by atoms with van der Waals surface area (Å²) in [6.07, 6.45) is 1.96. The monoisotopic (exact) mass is 255 g/mol. The van der Waals surface area contributed by atoms with E-state index in [1.807, 2.05) is 18.2 Å². The van der Waals surface area contributed by atoms with Gasteiger partial charge in [0.2, 0.25) is 0 Å². The van der Waals surface area contributed by atoms with Crippen LogP contribution in [0.2, 0.25) is 0 Å². The molecule has 0 amide bonds. The number of rotatable bonds is 7. The van der Waals surface area contributed by atoms with E-state index in [9.17, 15) is 8.42 Å². The molecule has 0 aliphatic carbocycles. The van der Waals surface area contributed by atoms with Crippen molar-refractivity contribution in [2.24, 2.45) is 0 Å². The Kier molecular flexibility index (Phi) is 5.65. The molecule has 17 heavy (non-hydrogen) atoms. The smallest absolute Gasteiger partial charge is 0.147 e. The Morgan fingerprint density at radius 3 is 2.47 bits per heavy atom. The third-order valence-electron chi connectivity index (χ3n) is 2.69. The number of hydrogen-bond acceptors (Lipinski definition) is 3. The van der Waals surface area contributed by atoms with Crippen molar-refractivity contribution in [3.05, 3.63) is 35.9 Å². The van der Waals surface area contributed by atoms with Crippen molar-refractivity contribution in [1.29, 1.82) is 0 Å². The molecule has 0 saturated heterocycles. The van der Waals surface area contributed by atoms with E-state index in [1.165, 1.54) is 11.8 Å².